The fraction of sp³-hybridized carbons (Fsp3) is 0.167. The van der Waals surface area contributed by atoms with Gasteiger partial charge in [-0.15, -0.1) is 0 Å². The molecule has 0 aliphatic heterocycles. The summed E-state index contributed by atoms with van der Waals surface area (Å²) in [5, 5.41) is 11.7. The van der Waals surface area contributed by atoms with Crippen molar-refractivity contribution in [1.82, 2.24) is 0 Å². The number of aromatic hydroxyl groups is 1. The van der Waals surface area contributed by atoms with Crippen LogP contribution in [0, 0.1) is 0 Å². The van der Waals surface area contributed by atoms with Gasteiger partial charge in [-0.05, 0) is 18.1 Å². The van der Waals surface area contributed by atoms with E-state index in [-0.39, 0.29) is 0 Å². The van der Waals surface area contributed by atoms with Gasteiger partial charge in [0.15, 0.2) is 0 Å². The lowest BCUT2D eigenvalue weighted by atomic mass is 10.0. The van der Waals surface area contributed by atoms with Crippen LogP contribution >= 0.6 is 0 Å². The molecule has 72 valence electrons. The molecule has 0 aromatic heterocycles. The van der Waals surface area contributed by atoms with Crippen molar-refractivity contribution in [2.24, 2.45) is 0 Å². The van der Waals surface area contributed by atoms with Gasteiger partial charge in [0.1, 0.15) is 5.75 Å². The standard InChI is InChI=1S/C12H13NO/c1-2-8-7-11(13)9-5-3-4-6-10(9)12(8)14/h3-7,14H,2,13H2,1H3. The minimum Gasteiger partial charge on any atom is -0.507 e. The molecule has 2 aromatic carbocycles. The molecule has 0 bridgehead atoms. The SMILES string of the molecule is CCc1cc(N)c2ccccc2c1O. The molecule has 0 amide bonds. The van der Waals surface area contributed by atoms with E-state index in [0.717, 1.165) is 28.4 Å². The van der Waals surface area contributed by atoms with E-state index in [0.29, 0.717) is 5.75 Å². The van der Waals surface area contributed by atoms with Crippen LogP contribution in [0.2, 0.25) is 0 Å². The Morgan fingerprint density at radius 2 is 1.86 bits per heavy atom. The summed E-state index contributed by atoms with van der Waals surface area (Å²) in [6, 6.07) is 9.48. The smallest absolute Gasteiger partial charge is 0.126 e. The zero-order chi connectivity index (χ0) is 10.1. The van der Waals surface area contributed by atoms with Gasteiger partial charge in [0, 0.05) is 16.5 Å². The Hall–Kier alpha value is -1.70. The summed E-state index contributed by atoms with van der Waals surface area (Å²) in [4.78, 5) is 0. The van der Waals surface area contributed by atoms with Crippen molar-refractivity contribution in [1.29, 1.82) is 0 Å². The Morgan fingerprint density at radius 3 is 2.50 bits per heavy atom. The Morgan fingerprint density at radius 1 is 1.21 bits per heavy atom. The van der Waals surface area contributed by atoms with Crippen LogP contribution in [0.1, 0.15) is 12.5 Å². The number of anilines is 1. The predicted molar refractivity (Wildman–Crippen MR) is 59.4 cm³/mol. The number of hydrogen-bond donors (Lipinski definition) is 2. The first-order valence-corrected chi connectivity index (χ1v) is 4.73. The minimum absolute atomic E-state index is 0.359. The lowest BCUT2D eigenvalue weighted by molar-refractivity contribution is 0.475. The zero-order valence-corrected chi connectivity index (χ0v) is 8.12. The second kappa shape index (κ2) is 3.22. The van der Waals surface area contributed by atoms with Crippen LogP contribution in [0.5, 0.6) is 5.75 Å². The van der Waals surface area contributed by atoms with Crippen LogP contribution in [-0.4, -0.2) is 5.11 Å². The van der Waals surface area contributed by atoms with Crippen LogP contribution < -0.4 is 5.73 Å². The van der Waals surface area contributed by atoms with Gasteiger partial charge in [0.05, 0.1) is 0 Å². The summed E-state index contributed by atoms with van der Waals surface area (Å²) >= 11 is 0. The molecule has 14 heavy (non-hydrogen) atoms. The molecule has 2 rings (SSSR count). The van der Waals surface area contributed by atoms with Crippen molar-refractivity contribution in [3.63, 3.8) is 0 Å². The topological polar surface area (TPSA) is 46.2 Å². The van der Waals surface area contributed by atoms with Gasteiger partial charge in [-0.1, -0.05) is 31.2 Å². The first-order chi connectivity index (χ1) is 6.74. The third-order valence-corrected chi connectivity index (χ3v) is 2.51. The quantitative estimate of drug-likeness (QED) is 0.532. The summed E-state index contributed by atoms with van der Waals surface area (Å²) in [6.07, 6.45) is 0.793. The number of phenols is 1. The van der Waals surface area contributed by atoms with Crippen molar-refractivity contribution >= 4 is 16.5 Å². The Labute approximate surface area is 83.0 Å². The zero-order valence-electron chi connectivity index (χ0n) is 8.12. The van der Waals surface area contributed by atoms with E-state index in [1.54, 1.807) is 0 Å². The van der Waals surface area contributed by atoms with Crippen molar-refractivity contribution in [3.8, 4) is 5.75 Å². The van der Waals surface area contributed by atoms with E-state index < -0.39 is 0 Å². The van der Waals surface area contributed by atoms with Gasteiger partial charge in [-0.3, -0.25) is 0 Å². The van der Waals surface area contributed by atoms with Gasteiger partial charge in [0.25, 0.3) is 0 Å². The number of fused-ring (bicyclic) bond motifs is 1. The molecule has 0 aliphatic rings. The molecule has 0 radical (unpaired) electrons. The Bertz CT molecular complexity index is 477. The van der Waals surface area contributed by atoms with Crippen LogP contribution in [0.15, 0.2) is 30.3 Å². The summed E-state index contributed by atoms with van der Waals surface area (Å²) in [7, 11) is 0. The van der Waals surface area contributed by atoms with E-state index in [2.05, 4.69) is 0 Å². The average molecular weight is 187 g/mol. The first kappa shape index (κ1) is 8.88. The molecule has 0 aliphatic carbocycles. The maximum atomic E-state index is 9.92. The Kier molecular flexibility index (Phi) is 2.04. The van der Waals surface area contributed by atoms with Crippen molar-refractivity contribution in [2.45, 2.75) is 13.3 Å². The second-order valence-electron chi connectivity index (χ2n) is 3.37. The number of nitrogens with two attached hydrogens (primary N) is 1. The molecular formula is C12H13NO. The van der Waals surface area contributed by atoms with Crippen LogP contribution in [-0.2, 0) is 6.42 Å². The van der Waals surface area contributed by atoms with E-state index in [1.165, 1.54) is 0 Å². The molecule has 0 saturated heterocycles. The molecular weight excluding hydrogens is 174 g/mol. The highest BCUT2D eigenvalue weighted by atomic mass is 16.3. The van der Waals surface area contributed by atoms with Crippen molar-refractivity contribution in [3.05, 3.63) is 35.9 Å². The summed E-state index contributed by atoms with van der Waals surface area (Å²) in [6.45, 7) is 2.00. The average Bonchev–Trinajstić information content (AvgIpc) is 2.23. The fourth-order valence-corrected chi connectivity index (χ4v) is 1.72. The summed E-state index contributed by atoms with van der Waals surface area (Å²) in [5.74, 6) is 0.359. The molecule has 2 aromatic rings. The van der Waals surface area contributed by atoms with Gasteiger partial charge >= 0.3 is 0 Å². The van der Waals surface area contributed by atoms with Gasteiger partial charge in [-0.25, -0.2) is 0 Å². The molecule has 0 unspecified atom stereocenters. The highest BCUT2D eigenvalue weighted by Crippen LogP contribution is 2.33. The summed E-state index contributed by atoms with van der Waals surface area (Å²) < 4.78 is 0. The second-order valence-corrected chi connectivity index (χ2v) is 3.37. The number of rotatable bonds is 1. The van der Waals surface area contributed by atoms with Gasteiger partial charge in [-0.2, -0.15) is 0 Å². The molecule has 0 heterocycles. The highest BCUT2D eigenvalue weighted by molar-refractivity contribution is 5.97. The largest absolute Gasteiger partial charge is 0.507 e. The molecule has 0 fully saturated rings. The van der Waals surface area contributed by atoms with Gasteiger partial charge < -0.3 is 10.8 Å². The fourth-order valence-electron chi connectivity index (χ4n) is 1.72. The maximum Gasteiger partial charge on any atom is 0.126 e. The van der Waals surface area contributed by atoms with E-state index in [1.807, 2.05) is 37.3 Å². The molecule has 3 N–H and O–H groups in total. The number of hydrogen-bond acceptors (Lipinski definition) is 2. The van der Waals surface area contributed by atoms with Crippen LogP contribution in [0.25, 0.3) is 10.8 Å². The normalized spacial score (nSPS) is 10.6. The number of aryl methyl sites for hydroxylation is 1. The minimum atomic E-state index is 0.359. The monoisotopic (exact) mass is 187 g/mol. The number of nitrogen functional groups attached to an aromatic ring is 1. The van der Waals surface area contributed by atoms with Crippen molar-refractivity contribution < 1.29 is 5.11 Å². The lowest BCUT2D eigenvalue weighted by Crippen LogP contribution is -1.91. The van der Waals surface area contributed by atoms with Crippen LogP contribution in [0.4, 0.5) is 5.69 Å². The molecule has 0 spiro atoms. The lowest BCUT2D eigenvalue weighted by Gasteiger charge is -2.08. The molecule has 2 nitrogen and oxygen atoms in total. The predicted octanol–water partition coefficient (Wildman–Crippen LogP) is 2.69. The number of phenolic OH excluding ortho intramolecular Hbond substituents is 1. The molecule has 0 saturated carbocycles. The number of benzene rings is 2. The first-order valence-electron chi connectivity index (χ1n) is 4.73. The van der Waals surface area contributed by atoms with E-state index in [9.17, 15) is 5.11 Å². The van der Waals surface area contributed by atoms with E-state index in [4.69, 9.17) is 5.73 Å². The highest BCUT2D eigenvalue weighted by Gasteiger charge is 2.07. The van der Waals surface area contributed by atoms with Crippen LogP contribution in [0.3, 0.4) is 0 Å². The molecule has 2 heteroatoms. The van der Waals surface area contributed by atoms with Gasteiger partial charge in [0.2, 0.25) is 0 Å². The Balaban J connectivity index is 2.87. The van der Waals surface area contributed by atoms with Crippen molar-refractivity contribution in [2.75, 3.05) is 5.73 Å². The third-order valence-electron chi connectivity index (χ3n) is 2.51. The van der Waals surface area contributed by atoms with E-state index >= 15 is 0 Å². The summed E-state index contributed by atoms with van der Waals surface area (Å²) in [5.41, 5.74) is 7.53. The maximum absolute atomic E-state index is 9.92. The third kappa shape index (κ3) is 1.20. The molecule has 0 atom stereocenters.